The number of halogens is 1. The van der Waals surface area contributed by atoms with Gasteiger partial charge in [0, 0.05) is 18.2 Å². The highest BCUT2D eigenvalue weighted by Gasteiger charge is 2.22. The molecule has 1 fully saturated rings. The van der Waals surface area contributed by atoms with Gasteiger partial charge >= 0.3 is 0 Å². The summed E-state index contributed by atoms with van der Waals surface area (Å²) in [5, 5.41) is 13.1. The van der Waals surface area contributed by atoms with Crippen LogP contribution >= 0.6 is 11.3 Å². The molecule has 0 aliphatic carbocycles. The fraction of sp³-hybridized carbons (Fsp3) is 0.350. The van der Waals surface area contributed by atoms with Crippen molar-refractivity contribution in [2.75, 3.05) is 18.4 Å². The predicted molar refractivity (Wildman–Crippen MR) is 106 cm³/mol. The van der Waals surface area contributed by atoms with E-state index in [2.05, 4.69) is 26.5 Å². The van der Waals surface area contributed by atoms with Crippen LogP contribution in [0.15, 0.2) is 42.5 Å². The van der Waals surface area contributed by atoms with Crippen LogP contribution in [0.1, 0.15) is 35.0 Å². The van der Waals surface area contributed by atoms with Crippen molar-refractivity contribution in [2.24, 2.45) is 0 Å². The molecule has 0 atom stereocenters. The van der Waals surface area contributed by atoms with Gasteiger partial charge in [0.05, 0.1) is 0 Å². The van der Waals surface area contributed by atoms with E-state index in [0.717, 1.165) is 59.7 Å². The Kier molecular flexibility index (Phi) is 5.40. The molecule has 2 aromatic heterocycles. The summed E-state index contributed by atoms with van der Waals surface area (Å²) in [7, 11) is 0. The Bertz CT molecular complexity index is 887. The summed E-state index contributed by atoms with van der Waals surface area (Å²) in [5.74, 6) is 1.10. The van der Waals surface area contributed by atoms with Crippen molar-refractivity contribution in [3.05, 3.63) is 64.5 Å². The fourth-order valence-electron chi connectivity index (χ4n) is 3.44. The molecular weight excluding hydrogens is 361 g/mol. The highest BCUT2D eigenvalue weighted by Crippen LogP contribution is 2.29. The van der Waals surface area contributed by atoms with E-state index in [1.807, 2.05) is 31.2 Å². The molecule has 4 rings (SSSR count). The second-order valence-corrected chi connectivity index (χ2v) is 8.06. The monoisotopic (exact) mass is 383 g/mol. The Morgan fingerprint density at radius 1 is 1.11 bits per heavy atom. The maximum absolute atomic E-state index is 13.0. The third-order valence-electron chi connectivity index (χ3n) is 4.86. The second-order valence-electron chi connectivity index (χ2n) is 6.88. The van der Waals surface area contributed by atoms with Crippen LogP contribution in [0.2, 0.25) is 0 Å². The molecule has 140 valence electrons. The minimum atomic E-state index is -0.180. The maximum Gasteiger partial charge on any atom is 0.211 e. The Morgan fingerprint density at radius 3 is 2.59 bits per heavy atom. The lowest BCUT2D eigenvalue weighted by molar-refractivity contribution is 0.203. The van der Waals surface area contributed by atoms with E-state index in [-0.39, 0.29) is 5.82 Å². The Labute approximate surface area is 162 Å². The molecule has 7 heteroatoms. The number of hydrogen-bond acceptors (Lipinski definition) is 6. The molecular formula is C20H22FN5S. The van der Waals surface area contributed by atoms with Crippen LogP contribution in [-0.2, 0) is 6.54 Å². The van der Waals surface area contributed by atoms with E-state index in [1.54, 1.807) is 0 Å². The Morgan fingerprint density at radius 2 is 1.89 bits per heavy atom. The summed E-state index contributed by atoms with van der Waals surface area (Å²) >= 11 is 1.52. The van der Waals surface area contributed by atoms with Gasteiger partial charge in [0.15, 0.2) is 0 Å². The first-order valence-electron chi connectivity index (χ1n) is 9.16. The van der Waals surface area contributed by atoms with Crippen LogP contribution in [0.4, 0.5) is 15.3 Å². The summed E-state index contributed by atoms with van der Waals surface area (Å²) < 4.78 is 13.0. The van der Waals surface area contributed by atoms with Crippen LogP contribution in [0.5, 0.6) is 0 Å². The van der Waals surface area contributed by atoms with Crippen LogP contribution in [0.25, 0.3) is 0 Å². The molecule has 0 unspecified atom stereocenters. The Balaban J connectivity index is 1.35. The number of hydrogen-bond donors (Lipinski definition) is 1. The summed E-state index contributed by atoms with van der Waals surface area (Å²) in [6.07, 6.45) is 2.16. The molecule has 27 heavy (non-hydrogen) atoms. The van der Waals surface area contributed by atoms with Gasteiger partial charge in [-0.15, -0.1) is 10.2 Å². The average Bonchev–Trinajstić information content (AvgIpc) is 3.09. The van der Waals surface area contributed by atoms with Gasteiger partial charge in [-0.3, -0.25) is 4.90 Å². The van der Waals surface area contributed by atoms with E-state index in [1.165, 1.54) is 23.5 Å². The normalized spacial score (nSPS) is 15.8. The standard InChI is InChI=1S/C20H22FN5S/c1-14-24-25-20(27-14)23-19-4-2-3-18(22-19)16-9-11-26(12-10-16)13-15-5-7-17(21)8-6-15/h2-8,16H,9-13H2,1H3,(H,22,23,25). The van der Waals surface area contributed by atoms with Crippen LogP contribution in [0, 0.1) is 12.7 Å². The zero-order chi connectivity index (χ0) is 18.6. The van der Waals surface area contributed by atoms with Crippen molar-refractivity contribution >= 4 is 22.3 Å². The van der Waals surface area contributed by atoms with Gasteiger partial charge < -0.3 is 5.32 Å². The molecule has 0 spiro atoms. The number of pyridine rings is 1. The van der Waals surface area contributed by atoms with E-state index >= 15 is 0 Å². The van der Waals surface area contributed by atoms with Crippen molar-refractivity contribution in [3.8, 4) is 0 Å². The number of rotatable bonds is 5. The number of piperidine rings is 1. The predicted octanol–water partition coefficient (Wildman–Crippen LogP) is 4.50. The van der Waals surface area contributed by atoms with Crippen LogP contribution in [0.3, 0.4) is 0 Å². The number of aromatic nitrogens is 3. The minimum absolute atomic E-state index is 0.180. The van der Waals surface area contributed by atoms with Crippen LogP contribution < -0.4 is 5.32 Å². The molecule has 1 N–H and O–H groups in total. The first-order valence-corrected chi connectivity index (χ1v) is 9.98. The van der Waals surface area contributed by atoms with Crippen molar-refractivity contribution < 1.29 is 4.39 Å². The highest BCUT2D eigenvalue weighted by molar-refractivity contribution is 7.15. The number of aryl methyl sites for hydroxylation is 1. The van der Waals surface area contributed by atoms with Gasteiger partial charge in [-0.1, -0.05) is 29.5 Å². The van der Waals surface area contributed by atoms with Crippen molar-refractivity contribution in [2.45, 2.75) is 32.2 Å². The SMILES string of the molecule is Cc1nnc(Nc2cccc(C3CCN(Cc4ccc(F)cc4)CC3)n2)s1. The molecule has 0 amide bonds. The number of benzene rings is 1. The van der Waals surface area contributed by atoms with E-state index < -0.39 is 0 Å². The maximum atomic E-state index is 13.0. The van der Waals surface area contributed by atoms with Gasteiger partial charge in [-0.05, 0) is 62.7 Å². The lowest BCUT2D eigenvalue weighted by Gasteiger charge is -2.31. The topological polar surface area (TPSA) is 53.9 Å². The highest BCUT2D eigenvalue weighted by atomic mass is 32.1. The fourth-order valence-corrected chi connectivity index (χ4v) is 4.04. The first kappa shape index (κ1) is 18.0. The summed E-state index contributed by atoms with van der Waals surface area (Å²) in [5.41, 5.74) is 2.29. The summed E-state index contributed by atoms with van der Waals surface area (Å²) in [4.78, 5) is 7.21. The molecule has 0 bridgehead atoms. The van der Waals surface area contributed by atoms with Crippen molar-refractivity contribution in [1.29, 1.82) is 0 Å². The van der Waals surface area contributed by atoms with Crippen LogP contribution in [-0.4, -0.2) is 33.2 Å². The van der Waals surface area contributed by atoms with E-state index in [0.29, 0.717) is 5.92 Å². The molecule has 0 saturated carbocycles. The largest absolute Gasteiger partial charge is 0.315 e. The number of nitrogens with zero attached hydrogens (tertiary/aromatic N) is 4. The molecule has 0 radical (unpaired) electrons. The Hall–Kier alpha value is -2.38. The number of anilines is 2. The number of likely N-dealkylation sites (tertiary alicyclic amines) is 1. The molecule has 3 heterocycles. The summed E-state index contributed by atoms with van der Waals surface area (Å²) in [6.45, 7) is 4.86. The average molecular weight is 383 g/mol. The van der Waals surface area contributed by atoms with Gasteiger partial charge in [-0.25, -0.2) is 9.37 Å². The zero-order valence-corrected chi connectivity index (χ0v) is 16.0. The summed E-state index contributed by atoms with van der Waals surface area (Å²) in [6, 6.07) is 12.9. The van der Waals surface area contributed by atoms with Crippen molar-refractivity contribution in [3.63, 3.8) is 0 Å². The first-order chi connectivity index (χ1) is 13.2. The van der Waals surface area contributed by atoms with Gasteiger partial charge in [0.25, 0.3) is 0 Å². The lowest BCUT2D eigenvalue weighted by Crippen LogP contribution is -2.32. The van der Waals surface area contributed by atoms with Gasteiger partial charge in [0.1, 0.15) is 16.6 Å². The third kappa shape index (κ3) is 4.67. The zero-order valence-electron chi connectivity index (χ0n) is 15.2. The molecule has 5 nitrogen and oxygen atoms in total. The third-order valence-corrected chi connectivity index (χ3v) is 5.61. The second kappa shape index (κ2) is 8.10. The van der Waals surface area contributed by atoms with Gasteiger partial charge in [-0.2, -0.15) is 0 Å². The minimum Gasteiger partial charge on any atom is -0.315 e. The van der Waals surface area contributed by atoms with E-state index in [4.69, 9.17) is 4.98 Å². The molecule has 1 saturated heterocycles. The molecule has 3 aromatic rings. The lowest BCUT2D eigenvalue weighted by atomic mass is 9.93. The molecule has 1 aromatic carbocycles. The smallest absolute Gasteiger partial charge is 0.211 e. The molecule has 1 aliphatic rings. The quantitative estimate of drug-likeness (QED) is 0.703. The van der Waals surface area contributed by atoms with Crippen molar-refractivity contribution in [1.82, 2.24) is 20.1 Å². The molecule has 1 aliphatic heterocycles. The van der Waals surface area contributed by atoms with E-state index in [9.17, 15) is 4.39 Å². The number of nitrogens with one attached hydrogen (secondary N) is 1. The van der Waals surface area contributed by atoms with Gasteiger partial charge in [0.2, 0.25) is 5.13 Å².